The molecule has 0 heteroatoms. The van der Waals surface area contributed by atoms with Crippen LogP contribution in [0.4, 0.5) is 0 Å². The van der Waals surface area contributed by atoms with E-state index in [0.717, 1.165) is 6.42 Å². The Hall–Kier alpha value is -0.780. The van der Waals surface area contributed by atoms with Crippen molar-refractivity contribution < 1.29 is 0 Å². The van der Waals surface area contributed by atoms with Gasteiger partial charge < -0.3 is 0 Å². The van der Waals surface area contributed by atoms with E-state index in [1.165, 1.54) is 11.1 Å². The molecule has 0 saturated heterocycles. The van der Waals surface area contributed by atoms with Crippen LogP contribution in [0.3, 0.4) is 0 Å². The van der Waals surface area contributed by atoms with Crippen LogP contribution in [0.1, 0.15) is 51.7 Å². The van der Waals surface area contributed by atoms with Crippen molar-refractivity contribution in [3.63, 3.8) is 0 Å². The highest BCUT2D eigenvalue weighted by atomic mass is 14.0. The van der Waals surface area contributed by atoms with Gasteiger partial charge in [-0.3, -0.25) is 0 Å². The lowest BCUT2D eigenvalue weighted by Gasteiger charge is -2.04. The summed E-state index contributed by atoms with van der Waals surface area (Å²) in [5, 5.41) is 0. The van der Waals surface area contributed by atoms with Crippen molar-refractivity contribution >= 4 is 0 Å². The summed E-state index contributed by atoms with van der Waals surface area (Å²) in [4.78, 5) is 0. The largest absolute Gasteiger partial charge is 0.0683 e. The quantitative estimate of drug-likeness (QED) is 0.629. The van der Waals surface area contributed by atoms with Gasteiger partial charge >= 0.3 is 0 Å². The molecule has 0 atom stereocenters. The molecule has 0 radical (unpaired) electrons. The fraction of sp³-hybridized carbons (Fsp3) is 0.538. The third kappa shape index (κ3) is 4.12. The zero-order chi connectivity index (χ0) is 10.3. The van der Waals surface area contributed by atoms with E-state index < -0.39 is 0 Å². The summed E-state index contributed by atoms with van der Waals surface area (Å²) < 4.78 is 0. The van der Waals surface area contributed by atoms with Gasteiger partial charge in [0, 0.05) is 0 Å². The number of aryl methyl sites for hydroxylation is 1. The summed E-state index contributed by atoms with van der Waals surface area (Å²) in [5.74, 6) is 0.654. The van der Waals surface area contributed by atoms with Crippen LogP contribution >= 0.6 is 0 Å². The highest BCUT2D eigenvalue weighted by molar-refractivity contribution is 5.24. The van der Waals surface area contributed by atoms with E-state index >= 15 is 0 Å². The third-order valence-corrected chi connectivity index (χ3v) is 2.05. The molecule has 0 nitrogen and oxygen atoms in total. The summed E-state index contributed by atoms with van der Waals surface area (Å²) in [5.41, 5.74) is 2.86. The smallest absolute Gasteiger partial charge is 0.0219 e. The number of hydrogen-bond acceptors (Lipinski definition) is 0. The molecule has 0 amide bonds. The Balaban J connectivity index is 0.000000671. The lowest BCUT2D eigenvalue weighted by atomic mass is 10.0. The second-order valence-corrected chi connectivity index (χ2v) is 3.25. The van der Waals surface area contributed by atoms with Crippen LogP contribution in [0, 0.1) is 0 Å². The topological polar surface area (TPSA) is 0 Å². The van der Waals surface area contributed by atoms with Crippen molar-refractivity contribution in [3.05, 3.63) is 35.4 Å². The van der Waals surface area contributed by atoms with Crippen LogP contribution in [0.2, 0.25) is 0 Å². The summed E-state index contributed by atoms with van der Waals surface area (Å²) in [7, 11) is 0. The fourth-order valence-electron chi connectivity index (χ4n) is 1.14. The number of benzene rings is 1. The first kappa shape index (κ1) is 12.2. The Morgan fingerprint density at radius 3 is 1.77 bits per heavy atom. The second-order valence-electron chi connectivity index (χ2n) is 3.25. The maximum Gasteiger partial charge on any atom is -0.0219 e. The summed E-state index contributed by atoms with van der Waals surface area (Å²) in [6.07, 6.45) is 1.14. The zero-order valence-corrected chi connectivity index (χ0v) is 9.59. The molecule has 0 aliphatic heterocycles. The van der Waals surface area contributed by atoms with E-state index in [4.69, 9.17) is 0 Å². The molecule has 0 N–H and O–H groups in total. The third-order valence-electron chi connectivity index (χ3n) is 2.05. The minimum Gasteiger partial charge on any atom is -0.0683 e. The number of rotatable bonds is 2. The Kier molecular flexibility index (Phi) is 6.30. The van der Waals surface area contributed by atoms with E-state index in [9.17, 15) is 0 Å². The van der Waals surface area contributed by atoms with Gasteiger partial charge in [0.05, 0.1) is 0 Å². The Labute approximate surface area is 83.0 Å². The van der Waals surface area contributed by atoms with Crippen molar-refractivity contribution in [3.8, 4) is 0 Å². The summed E-state index contributed by atoms with van der Waals surface area (Å²) in [6.45, 7) is 10.6. The predicted octanol–water partition coefficient (Wildman–Crippen LogP) is 4.40. The SMILES string of the molecule is CC.CCc1ccc(C(C)C)cc1. The maximum atomic E-state index is 2.23. The van der Waals surface area contributed by atoms with Gasteiger partial charge in [0.25, 0.3) is 0 Å². The first-order valence-corrected chi connectivity index (χ1v) is 5.33. The number of hydrogen-bond donors (Lipinski definition) is 0. The van der Waals surface area contributed by atoms with Gasteiger partial charge in [-0.05, 0) is 23.5 Å². The van der Waals surface area contributed by atoms with Gasteiger partial charge in [-0.2, -0.15) is 0 Å². The standard InChI is InChI=1S/C11H16.C2H6/c1-4-10-5-7-11(8-6-10)9(2)3;1-2/h5-9H,4H2,1-3H3;1-2H3. The normalized spacial score (nSPS) is 9.38. The molecule has 0 unspecified atom stereocenters. The van der Waals surface area contributed by atoms with Crippen molar-refractivity contribution in [2.45, 2.75) is 47.0 Å². The summed E-state index contributed by atoms with van der Waals surface area (Å²) >= 11 is 0. The molecule has 1 aromatic carbocycles. The molecule has 0 aliphatic rings. The minimum absolute atomic E-state index is 0.654. The van der Waals surface area contributed by atoms with Crippen LogP contribution in [-0.2, 0) is 6.42 Å². The van der Waals surface area contributed by atoms with Gasteiger partial charge in [0.2, 0.25) is 0 Å². The Bertz CT molecular complexity index is 206. The first-order valence-electron chi connectivity index (χ1n) is 5.33. The molecule has 1 rings (SSSR count). The van der Waals surface area contributed by atoms with E-state index in [1.54, 1.807) is 0 Å². The van der Waals surface area contributed by atoms with E-state index in [-0.39, 0.29) is 0 Å². The van der Waals surface area contributed by atoms with Crippen molar-refractivity contribution in [1.82, 2.24) is 0 Å². The molecule has 1 aromatic rings. The highest BCUT2D eigenvalue weighted by Crippen LogP contribution is 2.14. The van der Waals surface area contributed by atoms with Gasteiger partial charge in [-0.1, -0.05) is 58.9 Å². The van der Waals surface area contributed by atoms with Gasteiger partial charge in [-0.25, -0.2) is 0 Å². The molecule has 74 valence electrons. The van der Waals surface area contributed by atoms with Crippen molar-refractivity contribution in [1.29, 1.82) is 0 Å². The van der Waals surface area contributed by atoms with E-state index in [2.05, 4.69) is 45.0 Å². The lowest BCUT2D eigenvalue weighted by Crippen LogP contribution is -1.87. The Morgan fingerprint density at radius 2 is 1.46 bits per heavy atom. The van der Waals surface area contributed by atoms with Crippen LogP contribution in [0.15, 0.2) is 24.3 Å². The zero-order valence-electron chi connectivity index (χ0n) is 9.59. The summed E-state index contributed by atoms with van der Waals surface area (Å²) in [6, 6.07) is 8.89. The van der Waals surface area contributed by atoms with Crippen molar-refractivity contribution in [2.75, 3.05) is 0 Å². The predicted molar refractivity (Wildman–Crippen MR) is 61.3 cm³/mol. The van der Waals surface area contributed by atoms with Gasteiger partial charge in [-0.15, -0.1) is 0 Å². The molecular weight excluding hydrogens is 156 g/mol. The van der Waals surface area contributed by atoms with Gasteiger partial charge in [0.1, 0.15) is 0 Å². The average Bonchev–Trinajstić information content (AvgIpc) is 2.21. The molecule has 0 spiro atoms. The molecule has 13 heavy (non-hydrogen) atoms. The minimum atomic E-state index is 0.654. The van der Waals surface area contributed by atoms with Crippen LogP contribution in [0.25, 0.3) is 0 Å². The monoisotopic (exact) mass is 178 g/mol. The molecular formula is C13H22. The molecule has 0 saturated carbocycles. The molecule has 0 aromatic heterocycles. The highest BCUT2D eigenvalue weighted by Gasteiger charge is 1.96. The van der Waals surface area contributed by atoms with Crippen molar-refractivity contribution in [2.24, 2.45) is 0 Å². The van der Waals surface area contributed by atoms with Crippen LogP contribution in [-0.4, -0.2) is 0 Å². The maximum absolute atomic E-state index is 2.23. The molecule has 0 heterocycles. The lowest BCUT2D eigenvalue weighted by molar-refractivity contribution is 0.865. The van der Waals surface area contributed by atoms with Crippen LogP contribution in [0.5, 0.6) is 0 Å². The van der Waals surface area contributed by atoms with Crippen LogP contribution < -0.4 is 0 Å². The van der Waals surface area contributed by atoms with E-state index in [0.29, 0.717) is 5.92 Å². The molecule has 0 bridgehead atoms. The Morgan fingerprint density at radius 1 is 1.00 bits per heavy atom. The fourth-order valence-corrected chi connectivity index (χ4v) is 1.14. The van der Waals surface area contributed by atoms with Gasteiger partial charge in [0.15, 0.2) is 0 Å². The second kappa shape index (κ2) is 6.71. The molecule has 0 fully saturated rings. The molecule has 0 aliphatic carbocycles. The average molecular weight is 178 g/mol. The first-order chi connectivity index (χ1) is 6.24. The van der Waals surface area contributed by atoms with E-state index in [1.807, 2.05) is 13.8 Å².